The average Bonchev–Trinajstić information content (AvgIpc) is 2.00. The summed E-state index contributed by atoms with van der Waals surface area (Å²) in [6.07, 6.45) is 0.708. The third kappa shape index (κ3) is 3.18. The van der Waals surface area contributed by atoms with Crippen molar-refractivity contribution in [3.63, 3.8) is 0 Å². The fraction of sp³-hybridized carbons (Fsp3) is 1.00. The minimum atomic E-state index is -0.238. The third-order valence-electron chi connectivity index (χ3n) is 2.23. The molecule has 0 spiro atoms. The molecule has 68 valence electrons. The van der Waals surface area contributed by atoms with Crippen LogP contribution < -0.4 is 0 Å². The number of methoxy groups -OCH3 is 1. The minimum Gasteiger partial charge on any atom is -0.382 e. The second-order valence-corrected chi connectivity index (χ2v) is 3.39. The van der Waals surface area contributed by atoms with E-state index in [4.69, 9.17) is 9.99 Å². The van der Waals surface area contributed by atoms with Gasteiger partial charge in [-0.25, -0.2) is 4.89 Å². The maximum Gasteiger partial charge on any atom is 0.121 e. The second kappa shape index (κ2) is 4.70. The first-order chi connectivity index (χ1) is 5.08. The summed E-state index contributed by atoms with van der Waals surface area (Å²) in [6.45, 7) is 6.55. The van der Waals surface area contributed by atoms with Gasteiger partial charge in [0.25, 0.3) is 0 Å². The molecular weight excluding hydrogens is 144 g/mol. The molecule has 3 heteroatoms. The quantitative estimate of drug-likeness (QED) is 0.496. The smallest absolute Gasteiger partial charge is 0.121 e. The van der Waals surface area contributed by atoms with Gasteiger partial charge in [-0.15, -0.1) is 0 Å². The summed E-state index contributed by atoms with van der Waals surface area (Å²) in [5.41, 5.74) is -0.0369. The van der Waals surface area contributed by atoms with Gasteiger partial charge in [0.05, 0.1) is 6.61 Å². The van der Waals surface area contributed by atoms with Gasteiger partial charge in [0.2, 0.25) is 0 Å². The lowest BCUT2D eigenvalue weighted by atomic mass is 9.84. The van der Waals surface area contributed by atoms with E-state index < -0.39 is 0 Å². The van der Waals surface area contributed by atoms with Crippen molar-refractivity contribution in [2.75, 3.05) is 13.7 Å². The van der Waals surface area contributed by atoms with Crippen molar-refractivity contribution in [2.24, 2.45) is 5.41 Å². The lowest BCUT2D eigenvalue weighted by Gasteiger charge is -2.29. The van der Waals surface area contributed by atoms with Gasteiger partial charge in [-0.2, -0.15) is 0 Å². The van der Waals surface area contributed by atoms with Gasteiger partial charge < -0.3 is 4.74 Å². The number of hydrogen-bond acceptors (Lipinski definition) is 3. The fourth-order valence-electron chi connectivity index (χ4n) is 0.778. The molecular formula is C8H18O3. The summed E-state index contributed by atoms with van der Waals surface area (Å²) < 4.78 is 4.90. The Labute approximate surface area is 68.2 Å². The number of hydrogen-bond donors (Lipinski definition) is 1. The van der Waals surface area contributed by atoms with Crippen molar-refractivity contribution in [2.45, 2.75) is 33.3 Å². The second-order valence-electron chi connectivity index (χ2n) is 3.39. The van der Waals surface area contributed by atoms with Crippen LogP contribution in [0.25, 0.3) is 0 Å². The summed E-state index contributed by atoms with van der Waals surface area (Å²) in [6, 6.07) is 0. The van der Waals surface area contributed by atoms with Crippen LogP contribution in [0.1, 0.15) is 27.2 Å². The predicted octanol–water partition coefficient (Wildman–Crippen LogP) is 1.93. The van der Waals surface area contributed by atoms with Crippen molar-refractivity contribution in [1.29, 1.82) is 0 Å². The van der Waals surface area contributed by atoms with Crippen LogP contribution in [0.3, 0.4) is 0 Å². The topological polar surface area (TPSA) is 38.7 Å². The molecule has 1 atom stereocenters. The molecule has 1 unspecified atom stereocenters. The Bertz CT molecular complexity index is 102. The van der Waals surface area contributed by atoms with E-state index in [-0.39, 0.29) is 11.5 Å². The van der Waals surface area contributed by atoms with E-state index >= 15 is 0 Å². The molecule has 0 radical (unpaired) electrons. The summed E-state index contributed by atoms with van der Waals surface area (Å²) in [5, 5.41) is 8.54. The van der Waals surface area contributed by atoms with Gasteiger partial charge in [-0.3, -0.25) is 5.26 Å². The Morgan fingerprint density at radius 3 is 2.27 bits per heavy atom. The SMILES string of the molecule is CCC(C)(C)C(COC)OO. The van der Waals surface area contributed by atoms with E-state index in [1.807, 2.05) is 13.8 Å². The highest BCUT2D eigenvalue weighted by molar-refractivity contribution is 4.76. The molecule has 0 aliphatic heterocycles. The molecule has 0 aliphatic rings. The Balaban J connectivity index is 3.99. The number of ether oxygens (including phenoxy) is 1. The number of rotatable bonds is 5. The Morgan fingerprint density at radius 1 is 1.45 bits per heavy atom. The van der Waals surface area contributed by atoms with Gasteiger partial charge in [-0.1, -0.05) is 20.8 Å². The normalized spacial score (nSPS) is 15.0. The van der Waals surface area contributed by atoms with E-state index in [1.165, 1.54) is 0 Å². The molecule has 1 N–H and O–H groups in total. The van der Waals surface area contributed by atoms with E-state index in [0.717, 1.165) is 6.42 Å². The van der Waals surface area contributed by atoms with Gasteiger partial charge in [0.15, 0.2) is 0 Å². The van der Waals surface area contributed by atoms with Crippen LogP contribution in [-0.4, -0.2) is 25.1 Å². The summed E-state index contributed by atoms with van der Waals surface area (Å²) >= 11 is 0. The van der Waals surface area contributed by atoms with Crippen LogP contribution >= 0.6 is 0 Å². The fourth-order valence-corrected chi connectivity index (χ4v) is 0.778. The molecule has 0 aromatic rings. The standard InChI is InChI=1S/C8H18O3/c1-5-8(2,3)7(11-9)6-10-4/h7,9H,5-6H2,1-4H3. The Hall–Kier alpha value is -0.120. The van der Waals surface area contributed by atoms with Gasteiger partial charge in [0, 0.05) is 7.11 Å². The highest BCUT2D eigenvalue weighted by Gasteiger charge is 2.28. The molecule has 11 heavy (non-hydrogen) atoms. The zero-order valence-corrected chi connectivity index (χ0v) is 7.76. The van der Waals surface area contributed by atoms with Crippen LogP contribution in [0, 0.1) is 5.41 Å². The molecule has 0 aliphatic carbocycles. The van der Waals surface area contributed by atoms with Crippen molar-refractivity contribution >= 4 is 0 Å². The Morgan fingerprint density at radius 2 is 2.00 bits per heavy atom. The van der Waals surface area contributed by atoms with Crippen LogP contribution in [0.2, 0.25) is 0 Å². The lowest BCUT2D eigenvalue weighted by molar-refractivity contribution is -0.309. The monoisotopic (exact) mass is 162 g/mol. The molecule has 0 amide bonds. The first kappa shape index (κ1) is 10.9. The largest absolute Gasteiger partial charge is 0.382 e. The average molecular weight is 162 g/mol. The zero-order valence-electron chi connectivity index (χ0n) is 7.76. The maximum atomic E-state index is 8.54. The van der Waals surface area contributed by atoms with Crippen LogP contribution in [0.4, 0.5) is 0 Å². The van der Waals surface area contributed by atoms with E-state index in [0.29, 0.717) is 6.61 Å². The molecule has 0 aromatic carbocycles. The van der Waals surface area contributed by atoms with E-state index in [1.54, 1.807) is 7.11 Å². The van der Waals surface area contributed by atoms with Crippen molar-refractivity contribution < 1.29 is 14.9 Å². The molecule has 0 fully saturated rings. The van der Waals surface area contributed by atoms with Gasteiger partial charge in [-0.05, 0) is 11.8 Å². The van der Waals surface area contributed by atoms with Crippen LogP contribution in [0.15, 0.2) is 0 Å². The highest BCUT2D eigenvalue weighted by atomic mass is 17.1. The minimum absolute atomic E-state index is 0.0369. The molecule has 0 rings (SSSR count). The van der Waals surface area contributed by atoms with E-state index in [2.05, 4.69) is 11.8 Å². The first-order valence-electron chi connectivity index (χ1n) is 3.87. The molecule has 0 saturated carbocycles. The molecule has 0 saturated heterocycles. The predicted molar refractivity (Wildman–Crippen MR) is 43.4 cm³/mol. The van der Waals surface area contributed by atoms with Crippen molar-refractivity contribution in [1.82, 2.24) is 0 Å². The molecule has 3 nitrogen and oxygen atoms in total. The Kier molecular flexibility index (Phi) is 4.65. The highest BCUT2D eigenvalue weighted by Crippen LogP contribution is 2.26. The zero-order chi connectivity index (χ0) is 8.91. The van der Waals surface area contributed by atoms with Crippen LogP contribution in [-0.2, 0) is 9.62 Å². The van der Waals surface area contributed by atoms with Gasteiger partial charge in [0.1, 0.15) is 6.10 Å². The summed E-state index contributed by atoms with van der Waals surface area (Å²) in [4.78, 5) is 4.32. The van der Waals surface area contributed by atoms with Crippen molar-refractivity contribution in [3.05, 3.63) is 0 Å². The third-order valence-corrected chi connectivity index (χ3v) is 2.23. The lowest BCUT2D eigenvalue weighted by Crippen LogP contribution is -2.34. The molecule has 0 bridgehead atoms. The molecule has 0 aromatic heterocycles. The molecule has 0 heterocycles. The van der Waals surface area contributed by atoms with Crippen LogP contribution in [0.5, 0.6) is 0 Å². The van der Waals surface area contributed by atoms with Crippen molar-refractivity contribution in [3.8, 4) is 0 Å². The first-order valence-corrected chi connectivity index (χ1v) is 3.87. The summed E-state index contributed by atoms with van der Waals surface area (Å²) in [7, 11) is 1.60. The maximum absolute atomic E-state index is 8.54. The summed E-state index contributed by atoms with van der Waals surface area (Å²) in [5.74, 6) is 0. The van der Waals surface area contributed by atoms with E-state index in [9.17, 15) is 0 Å². The van der Waals surface area contributed by atoms with Gasteiger partial charge >= 0.3 is 0 Å².